The number of aliphatic hydroxyl groups excluding tert-OH is 1. The number of fused-ring (bicyclic) bond motifs is 5. The van der Waals surface area contributed by atoms with Gasteiger partial charge in [0.2, 0.25) is 0 Å². The third kappa shape index (κ3) is 7.54. The number of unbranched alkanes of at least 4 members (excludes halogenated alkanes) is 6. The summed E-state index contributed by atoms with van der Waals surface area (Å²) in [6.45, 7) is 2.28. The van der Waals surface area contributed by atoms with E-state index in [1.807, 2.05) is 6.07 Å². The van der Waals surface area contributed by atoms with Crippen LogP contribution in [0.1, 0.15) is 114 Å². The Labute approximate surface area is 243 Å². The summed E-state index contributed by atoms with van der Waals surface area (Å²) >= 11 is 0. The van der Waals surface area contributed by atoms with Crippen LogP contribution >= 0.6 is 0 Å². The molecule has 3 nitrogen and oxygen atoms in total. The quantitative estimate of drug-likeness (QED) is 0.165. The van der Waals surface area contributed by atoms with E-state index in [0.29, 0.717) is 35.7 Å². The van der Waals surface area contributed by atoms with Gasteiger partial charge in [0.15, 0.2) is 0 Å². The minimum atomic E-state index is -5.55. The number of phenols is 1. The Morgan fingerprint density at radius 1 is 0.927 bits per heavy atom. The summed E-state index contributed by atoms with van der Waals surface area (Å²) in [6, 6.07) is 5.77. The molecule has 4 rings (SSSR count). The molecule has 0 radical (unpaired) electrons. The Morgan fingerprint density at radius 3 is 2.29 bits per heavy atom. The number of halogens is 5. The maximum Gasteiger partial charge on any atom is 0.453 e. The van der Waals surface area contributed by atoms with E-state index in [4.69, 9.17) is 0 Å². The van der Waals surface area contributed by atoms with Gasteiger partial charge in [-0.2, -0.15) is 22.0 Å². The van der Waals surface area contributed by atoms with E-state index < -0.39 is 35.7 Å². The molecule has 1 aromatic carbocycles. The minimum absolute atomic E-state index is 0.0213. The Hall–Kier alpha value is -1.48. The molecule has 0 spiro atoms. The zero-order valence-corrected chi connectivity index (χ0v) is 24.8. The summed E-state index contributed by atoms with van der Waals surface area (Å²) in [5.74, 6) is -2.82. The first-order valence-corrected chi connectivity index (χ1v) is 16.8. The van der Waals surface area contributed by atoms with Gasteiger partial charge in [-0.3, -0.25) is 4.21 Å². The molecule has 1 aromatic rings. The fourth-order valence-corrected chi connectivity index (χ4v) is 8.91. The average Bonchev–Trinajstić information content (AvgIpc) is 3.20. The number of rotatable bonds is 14. The predicted molar refractivity (Wildman–Crippen MR) is 153 cm³/mol. The molecule has 0 amide bonds. The Bertz CT molecular complexity index is 1090. The smallest absolute Gasteiger partial charge is 0.453 e. The topological polar surface area (TPSA) is 57.5 Å². The second kappa shape index (κ2) is 13.4. The number of benzene rings is 1. The molecule has 232 valence electrons. The molecule has 41 heavy (non-hydrogen) atoms. The molecule has 6 atom stereocenters. The van der Waals surface area contributed by atoms with Gasteiger partial charge >= 0.3 is 12.1 Å². The van der Waals surface area contributed by atoms with Crippen molar-refractivity contribution >= 4 is 16.9 Å². The first-order valence-electron chi connectivity index (χ1n) is 15.3. The third-order valence-corrected chi connectivity index (χ3v) is 11.6. The maximum atomic E-state index is 12.9. The second-order valence-electron chi connectivity index (χ2n) is 12.8. The maximum absolute atomic E-state index is 12.9. The van der Waals surface area contributed by atoms with Crippen LogP contribution < -0.4 is 0 Å². The van der Waals surface area contributed by atoms with Crippen molar-refractivity contribution in [2.75, 3.05) is 11.5 Å². The lowest BCUT2D eigenvalue weighted by Crippen LogP contribution is -2.44. The van der Waals surface area contributed by atoms with Crippen LogP contribution in [0.15, 0.2) is 23.8 Å². The molecule has 2 fully saturated rings. The van der Waals surface area contributed by atoms with Crippen LogP contribution in [0.4, 0.5) is 22.0 Å². The molecule has 3 aliphatic carbocycles. The summed E-state index contributed by atoms with van der Waals surface area (Å²) in [4.78, 5) is 0. The minimum Gasteiger partial charge on any atom is -0.508 e. The van der Waals surface area contributed by atoms with Crippen LogP contribution in [0.25, 0.3) is 6.08 Å². The second-order valence-corrected chi connectivity index (χ2v) is 14.5. The Balaban J connectivity index is 1.17. The average molecular weight is 605 g/mol. The fourth-order valence-electron chi connectivity index (χ4n) is 7.71. The number of phenolic OH excluding ortho intramolecular Hbond substituents is 1. The standard InChI is InChI=1S/C32H45F5O3S/c1-30-17-15-26-25-12-11-24(38)21-23(25)20-22(29(26)27(30)13-14-28(30)39)10-7-5-3-2-4-6-8-18-41(40)19-9-16-31(33,34)32(35,36)37/h11-12,20-21,26-29,38-39H,2-10,13-19H2,1H3/t26-,27+,28+,29-,30-,41?/m1/s1. The largest absolute Gasteiger partial charge is 0.508 e. The van der Waals surface area contributed by atoms with Gasteiger partial charge in [-0.15, -0.1) is 0 Å². The molecule has 3 aliphatic rings. The number of hydrogen-bond donors (Lipinski definition) is 2. The van der Waals surface area contributed by atoms with Gasteiger partial charge in [-0.05, 0) is 97.8 Å². The van der Waals surface area contributed by atoms with Crippen molar-refractivity contribution in [2.24, 2.45) is 17.3 Å². The van der Waals surface area contributed by atoms with Gasteiger partial charge in [0.1, 0.15) is 5.75 Å². The van der Waals surface area contributed by atoms with E-state index in [0.717, 1.165) is 76.2 Å². The van der Waals surface area contributed by atoms with Crippen LogP contribution in [-0.2, 0) is 10.8 Å². The first-order chi connectivity index (χ1) is 19.3. The lowest BCUT2D eigenvalue weighted by molar-refractivity contribution is -0.284. The highest BCUT2D eigenvalue weighted by Gasteiger charge is 2.57. The van der Waals surface area contributed by atoms with Gasteiger partial charge in [-0.1, -0.05) is 56.7 Å². The van der Waals surface area contributed by atoms with Crippen LogP contribution in [-0.4, -0.2) is 44.1 Å². The van der Waals surface area contributed by atoms with Crippen molar-refractivity contribution in [3.05, 3.63) is 34.9 Å². The van der Waals surface area contributed by atoms with Gasteiger partial charge in [0.05, 0.1) is 6.10 Å². The molecule has 0 aliphatic heterocycles. The SMILES string of the molecule is C[C@@]12CC[C@@H]3c4ccc(O)cc4C=C(CCCCCCCCCS(=O)CCCC(F)(F)C(F)(F)F)[C@H]3[C@@H]1CC[C@@H]2O. The normalized spacial score (nSPS) is 28.5. The van der Waals surface area contributed by atoms with Crippen LogP contribution in [0.5, 0.6) is 5.75 Å². The highest BCUT2D eigenvalue weighted by molar-refractivity contribution is 7.84. The van der Waals surface area contributed by atoms with Crippen LogP contribution in [0.3, 0.4) is 0 Å². The molecule has 0 heterocycles. The molecule has 0 saturated heterocycles. The molecule has 0 aromatic heterocycles. The summed E-state index contributed by atoms with van der Waals surface area (Å²) in [7, 11) is -1.36. The van der Waals surface area contributed by atoms with Crippen LogP contribution in [0.2, 0.25) is 0 Å². The summed E-state index contributed by atoms with van der Waals surface area (Å²) in [5.41, 5.74) is 3.91. The van der Waals surface area contributed by atoms with E-state index in [1.165, 1.54) is 11.1 Å². The first kappa shape index (κ1) is 32.4. The van der Waals surface area contributed by atoms with Crippen molar-refractivity contribution in [1.82, 2.24) is 0 Å². The Kier molecular flexibility index (Phi) is 10.6. The van der Waals surface area contributed by atoms with E-state index in [2.05, 4.69) is 19.1 Å². The van der Waals surface area contributed by atoms with E-state index in [9.17, 15) is 36.4 Å². The molecule has 9 heteroatoms. The molecule has 2 N–H and O–H groups in total. The van der Waals surface area contributed by atoms with Gasteiger partial charge < -0.3 is 10.2 Å². The van der Waals surface area contributed by atoms with Crippen molar-refractivity contribution in [3.63, 3.8) is 0 Å². The third-order valence-electron chi connectivity index (χ3n) is 10.1. The number of hydrogen-bond acceptors (Lipinski definition) is 3. The van der Waals surface area contributed by atoms with E-state index in [1.54, 1.807) is 6.07 Å². The highest BCUT2D eigenvalue weighted by Crippen LogP contribution is 2.62. The monoisotopic (exact) mass is 604 g/mol. The number of aromatic hydroxyl groups is 1. The van der Waals surface area contributed by atoms with Gasteiger partial charge in [-0.25, -0.2) is 0 Å². The molecular formula is C32H45F5O3S. The van der Waals surface area contributed by atoms with E-state index in [-0.39, 0.29) is 17.3 Å². The zero-order valence-electron chi connectivity index (χ0n) is 24.0. The molecular weight excluding hydrogens is 559 g/mol. The van der Waals surface area contributed by atoms with Gasteiger partial charge in [0.25, 0.3) is 0 Å². The van der Waals surface area contributed by atoms with Crippen molar-refractivity contribution in [1.29, 1.82) is 0 Å². The lowest BCUT2D eigenvalue weighted by atomic mass is 9.54. The van der Waals surface area contributed by atoms with Crippen LogP contribution in [0, 0.1) is 17.3 Å². The molecule has 1 unspecified atom stereocenters. The van der Waals surface area contributed by atoms with E-state index >= 15 is 0 Å². The summed E-state index contributed by atoms with van der Waals surface area (Å²) < 4.78 is 74.5. The zero-order chi connectivity index (χ0) is 29.8. The lowest BCUT2D eigenvalue weighted by Gasteiger charge is -2.50. The van der Waals surface area contributed by atoms with Crippen molar-refractivity contribution in [2.45, 2.75) is 121 Å². The number of aliphatic hydroxyl groups is 1. The van der Waals surface area contributed by atoms with Gasteiger partial charge in [0, 0.05) is 28.7 Å². The Morgan fingerprint density at radius 2 is 1.59 bits per heavy atom. The van der Waals surface area contributed by atoms with Crippen molar-refractivity contribution < 1.29 is 36.4 Å². The highest BCUT2D eigenvalue weighted by atomic mass is 32.2. The molecule has 0 bridgehead atoms. The summed E-state index contributed by atoms with van der Waals surface area (Å²) in [5, 5.41) is 20.9. The number of alkyl halides is 5. The van der Waals surface area contributed by atoms with Crippen molar-refractivity contribution in [3.8, 4) is 5.75 Å². The molecule has 2 saturated carbocycles. The number of allylic oxidation sites excluding steroid dienone is 1. The predicted octanol–water partition coefficient (Wildman–Crippen LogP) is 8.91. The fraction of sp³-hybridized carbons (Fsp3) is 0.750. The summed E-state index contributed by atoms with van der Waals surface area (Å²) in [6.07, 6.45) is 6.77.